The number of hydrogen-bond acceptors (Lipinski definition) is 3. The molecule has 1 N–H and O–H groups in total. The molecule has 2 rings (SSSR count). The largest absolute Gasteiger partial charge is 0.376 e. The molecule has 0 spiro atoms. The van der Waals surface area contributed by atoms with Crippen molar-refractivity contribution in [3.05, 3.63) is 22.4 Å². The molecule has 0 radical (unpaired) electrons. The number of amides is 1. The first-order valence-electron chi connectivity index (χ1n) is 7.80. The number of ether oxygens (including phenoxy) is 1. The lowest BCUT2D eigenvalue weighted by atomic mass is 9.65. The van der Waals surface area contributed by atoms with Crippen molar-refractivity contribution in [3.63, 3.8) is 0 Å². The molecular formula is C17H27NO2S. The smallest absolute Gasteiger partial charge is 0.261 e. The molecule has 1 aliphatic heterocycles. The molecule has 1 atom stereocenters. The monoisotopic (exact) mass is 309 g/mol. The van der Waals surface area contributed by atoms with E-state index in [1.165, 1.54) is 11.3 Å². The van der Waals surface area contributed by atoms with E-state index in [1.54, 1.807) is 0 Å². The van der Waals surface area contributed by atoms with E-state index in [0.717, 1.165) is 37.3 Å². The van der Waals surface area contributed by atoms with Crippen molar-refractivity contribution in [3.8, 4) is 0 Å². The zero-order chi connectivity index (χ0) is 15.5. The Hall–Kier alpha value is -0.870. The molecule has 1 amide bonds. The third-order valence-corrected chi connectivity index (χ3v) is 5.62. The van der Waals surface area contributed by atoms with E-state index in [9.17, 15) is 4.79 Å². The van der Waals surface area contributed by atoms with Crippen molar-refractivity contribution in [1.82, 2.24) is 5.32 Å². The summed E-state index contributed by atoms with van der Waals surface area (Å²) in [6, 6.07) is 3.78. The standard InChI is InChI=1S/C17H27NO2S/c1-13(2)17(8-10-20-16(3,4)12-17)7-9-18-15(19)14-6-5-11-21-14/h5-6,11,13H,7-10,12H2,1-4H3,(H,18,19)/t17-/m1/s1. The van der Waals surface area contributed by atoms with Gasteiger partial charge >= 0.3 is 0 Å². The number of thiophene rings is 1. The highest BCUT2D eigenvalue weighted by molar-refractivity contribution is 7.12. The summed E-state index contributed by atoms with van der Waals surface area (Å²) in [6.07, 6.45) is 3.17. The fraction of sp³-hybridized carbons (Fsp3) is 0.706. The predicted molar refractivity (Wildman–Crippen MR) is 87.8 cm³/mol. The summed E-state index contributed by atoms with van der Waals surface area (Å²) in [6.45, 7) is 10.5. The van der Waals surface area contributed by atoms with Crippen LogP contribution in [0.1, 0.15) is 56.6 Å². The number of carbonyl (C=O) groups is 1. The maximum absolute atomic E-state index is 12.0. The second-order valence-corrected chi connectivity index (χ2v) is 7.98. The van der Waals surface area contributed by atoms with Crippen molar-refractivity contribution in [2.45, 2.75) is 52.6 Å². The van der Waals surface area contributed by atoms with E-state index in [1.807, 2.05) is 17.5 Å². The van der Waals surface area contributed by atoms with Gasteiger partial charge in [-0.25, -0.2) is 0 Å². The molecule has 0 unspecified atom stereocenters. The SMILES string of the molecule is CC(C)[C@]1(CCNC(=O)c2cccs2)CCOC(C)(C)C1. The Bertz CT molecular complexity index is 467. The quantitative estimate of drug-likeness (QED) is 0.889. The molecule has 0 saturated carbocycles. The minimum atomic E-state index is -0.0553. The molecule has 21 heavy (non-hydrogen) atoms. The molecule has 1 fully saturated rings. The predicted octanol–water partition coefficient (Wildman–Crippen LogP) is 4.10. The number of rotatable bonds is 5. The molecule has 0 aromatic carbocycles. The second kappa shape index (κ2) is 6.49. The third-order valence-electron chi connectivity index (χ3n) is 4.75. The molecule has 3 nitrogen and oxygen atoms in total. The summed E-state index contributed by atoms with van der Waals surface area (Å²) in [7, 11) is 0. The topological polar surface area (TPSA) is 38.3 Å². The maximum Gasteiger partial charge on any atom is 0.261 e. The van der Waals surface area contributed by atoms with Gasteiger partial charge in [0.15, 0.2) is 0 Å². The van der Waals surface area contributed by atoms with Crippen LogP contribution in [0, 0.1) is 11.3 Å². The highest BCUT2D eigenvalue weighted by atomic mass is 32.1. The summed E-state index contributed by atoms with van der Waals surface area (Å²) in [5.41, 5.74) is 0.213. The fourth-order valence-corrected chi connectivity index (χ4v) is 4.07. The normalized spacial score (nSPS) is 25.0. The van der Waals surface area contributed by atoms with Gasteiger partial charge in [0.05, 0.1) is 10.5 Å². The van der Waals surface area contributed by atoms with E-state index in [0.29, 0.717) is 5.92 Å². The highest BCUT2D eigenvalue weighted by Gasteiger charge is 2.42. The van der Waals surface area contributed by atoms with Gasteiger partial charge in [-0.3, -0.25) is 4.79 Å². The Morgan fingerprint density at radius 1 is 1.48 bits per heavy atom. The molecule has 1 aliphatic rings. The van der Waals surface area contributed by atoms with Gasteiger partial charge < -0.3 is 10.1 Å². The lowest BCUT2D eigenvalue weighted by Gasteiger charge is -2.47. The Balaban J connectivity index is 1.93. The Morgan fingerprint density at radius 3 is 2.81 bits per heavy atom. The Labute approximate surface area is 132 Å². The molecular weight excluding hydrogens is 282 g/mol. The van der Waals surface area contributed by atoms with Crippen LogP contribution in [0.25, 0.3) is 0 Å². The van der Waals surface area contributed by atoms with Crippen LogP contribution in [-0.2, 0) is 4.74 Å². The number of hydrogen-bond donors (Lipinski definition) is 1. The van der Waals surface area contributed by atoms with Gasteiger partial charge in [0.25, 0.3) is 5.91 Å². The average molecular weight is 309 g/mol. The Morgan fingerprint density at radius 2 is 2.24 bits per heavy atom. The van der Waals surface area contributed by atoms with Crippen LogP contribution in [0.15, 0.2) is 17.5 Å². The van der Waals surface area contributed by atoms with Crippen LogP contribution in [-0.4, -0.2) is 24.7 Å². The van der Waals surface area contributed by atoms with Crippen LogP contribution < -0.4 is 5.32 Å². The molecule has 118 valence electrons. The summed E-state index contributed by atoms with van der Waals surface area (Å²) in [5.74, 6) is 0.648. The Kier molecular flexibility index (Phi) is 5.10. The fourth-order valence-electron chi connectivity index (χ4n) is 3.43. The molecule has 4 heteroatoms. The lowest BCUT2D eigenvalue weighted by Crippen LogP contribution is -2.45. The van der Waals surface area contributed by atoms with E-state index in [-0.39, 0.29) is 16.9 Å². The van der Waals surface area contributed by atoms with Gasteiger partial charge in [-0.15, -0.1) is 11.3 Å². The number of carbonyl (C=O) groups excluding carboxylic acids is 1. The first-order chi connectivity index (χ1) is 9.85. The van der Waals surface area contributed by atoms with Gasteiger partial charge in [0.2, 0.25) is 0 Å². The second-order valence-electron chi connectivity index (χ2n) is 7.04. The van der Waals surface area contributed by atoms with Crippen LogP contribution in [0.5, 0.6) is 0 Å². The van der Waals surface area contributed by atoms with Crippen molar-refractivity contribution in [2.75, 3.05) is 13.2 Å². The van der Waals surface area contributed by atoms with Crippen molar-refractivity contribution >= 4 is 17.2 Å². The van der Waals surface area contributed by atoms with Crippen molar-refractivity contribution in [1.29, 1.82) is 0 Å². The highest BCUT2D eigenvalue weighted by Crippen LogP contribution is 2.46. The zero-order valence-corrected chi connectivity index (χ0v) is 14.4. The molecule has 1 aromatic heterocycles. The van der Waals surface area contributed by atoms with E-state index in [2.05, 4.69) is 33.0 Å². The summed E-state index contributed by atoms with van der Waals surface area (Å²) >= 11 is 1.49. The van der Waals surface area contributed by atoms with Gasteiger partial charge in [0, 0.05) is 13.2 Å². The number of nitrogens with one attached hydrogen (secondary N) is 1. The van der Waals surface area contributed by atoms with Gasteiger partial charge in [-0.05, 0) is 55.9 Å². The molecule has 2 heterocycles. The average Bonchev–Trinajstić information content (AvgIpc) is 2.91. The van der Waals surface area contributed by atoms with Crippen LogP contribution in [0.4, 0.5) is 0 Å². The van der Waals surface area contributed by atoms with E-state index >= 15 is 0 Å². The first-order valence-corrected chi connectivity index (χ1v) is 8.68. The maximum atomic E-state index is 12.0. The van der Waals surface area contributed by atoms with Gasteiger partial charge in [-0.2, -0.15) is 0 Å². The molecule has 1 aromatic rings. The first kappa shape index (κ1) is 16.5. The lowest BCUT2D eigenvalue weighted by molar-refractivity contribution is -0.120. The van der Waals surface area contributed by atoms with Crippen LogP contribution >= 0.6 is 11.3 Å². The van der Waals surface area contributed by atoms with E-state index < -0.39 is 0 Å². The molecule has 1 saturated heterocycles. The molecule has 0 aliphatic carbocycles. The van der Waals surface area contributed by atoms with Crippen molar-refractivity contribution in [2.24, 2.45) is 11.3 Å². The van der Waals surface area contributed by atoms with Gasteiger partial charge in [0.1, 0.15) is 0 Å². The summed E-state index contributed by atoms with van der Waals surface area (Å²) < 4.78 is 5.87. The van der Waals surface area contributed by atoms with Crippen LogP contribution in [0.3, 0.4) is 0 Å². The van der Waals surface area contributed by atoms with Crippen LogP contribution in [0.2, 0.25) is 0 Å². The summed E-state index contributed by atoms with van der Waals surface area (Å²) in [4.78, 5) is 12.8. The minimum Gasteiger partial charge on any atom is -0.376 e. The van der Waals surface area contributed by atoms with E-state index in [4.69, 9.17) is 4.74 Å². The van der Waals surface area contributed by atoms with Gasteiger partial charge in [-0.1, -0.05) is 19.9 Å². The molecule has 0 bridgehead atoms. The summed E-state index contributed by atoms with van der Waals surface area (Å²) in [5, 5.41) is 5.01. The van der Waals surface area contributed by atoms with Crippen molar-refractivity contribution < 1.29 is 9.53 Å². The third kappa shape index (κ3) is 4.07. The zero-order valence-electron chi connectivity index (χ0n) is 13.6. The minimum absolute atomic E-state index is 0.0511.